The van der Waals surface area contributed by atoms with Crippen molar-refractivity contribution in [2.45, 2.75) is 36.8 Å². The van der Waals surface area contributed by atoms with Gasteiger partial charge in [-0.25, -0.2) is 18.4 Å². The Hall–Kier alpha value is -2.40. The second-order valence-corrected chi connectivity index (χ2v) is 8.98. The number of oxime groups is 1. The SMILES string of the molecule is CS(=O)(=O)c1ccc(/C(=N\OC2CCCC2)C(=O)Nc2ncc(F)s2)cn1. The molecule has 1 aliphatic rings. The van der Waals surface area contributed by atoms with Gasteiger partial charge in [0.2, 0.25) is 0 Å². The van der Waals surface area contributed by atoms with E-state index >= 15 is 0 Å². The molecule has 2 heterocycles. The molecule has 1 fully saturated rings. The summed E-state index contributed by atoms with van der Waals surface area (Å²) in [6.45, 7) is 0. The fourth-order valence-electron chi connectivity index (χ4n) is 2.55. The second kappa shape index (κ2) is 8.09. The first-order valence-electron chi connectivity index (χ1n) is 8.16. The van der Waals surface area contributed by atoms with Crippen LogP contribution >= 0.6 is 11.3 Å². The van der Waals surface area contributed by atoms with Crippen molar-refractivity contribution in [2.24, 2.45) is 5.16 Å². The first kappa shape index (κ1) is 19.4. The second-order valence-electron chi connectivity index (χ2n) is 6.03. The Bertz CT molecular complexity index is 951. The van der Waals surface area contributed by atoms with E-state index in [1.54, 1.807) is 0 Å². The van der Waals surface area contributed by atoms with Gasteiger partial charge in [-0.05, 0) is 37.8 Å². The number of carbonyl (C=O) groups excluding carboxylic acids is 1. The van der Waals surface area contributed by atoms with Gasteiger partial charge in [0.05, 0.1) is 6.20 Å². The number of aromatic nitrogens is 2. The largest absolute Gasteiger partial charge is 0.392 e. The van der Waals surface area contributed by atoms with E-state index in [4.69, 9.17) is 4.84 Å². The minimum atomic E-state index is -3.47. The first-order chi connectivity index (χ1) is 12.8. The van der Waals surface area contributed by atoms with E-state index in [0.29, 0.717) is 11.3 Å². The van der Waals surface area contributed by atoms with Gasteiger partial charge >= 0.3 is 0 Å². The average Bonchev–Trinajstić information content (AvgIpc) is 3.26. The van der Waals surface area contributed by atoms with Crippen molar-refractivity contribution in [3.63, 3.8) is 0 Å². The zero-order chi connectivity index (χ0) is 19.4. The van der Waals surface area contributed by atoms with Crippen molar-refractivity contribution in [1.82, 2.24) is 9.97 Å². The molecule has 2 aromatic heterocycles. The summed E-state index contributed by atoms with van der Waals surface area (Å²) >= 11 is 0.677. The quantitative estimate of drug-likeness (QED) is 0.576. The van der Waals surface area contributed by atoms with Gasteiger partial charge < -0.3 is 4.84 Å². The van der Waals surface area contributed by atoms with Gasteiger partial charge in [-0.1, -0.05) is 16.5 Å². The monoisotopic (exact) mass is 412 g/mol. The smallest absolute Gasteiger partial charge is 0.280 e. The zero-order valence-electron chi connectivity index (χ0n) is 14.4. The van der Waals surface area contributed by atoms with E-state index in [9.17, 15) is 17.6 Å². The third kappa shape index (κ3) is 5.07. The molecular weight excluding hydrogens is 395 g/mol. The molecule has 1 aliphatic carbocycles. The lowest BCUT2D eigenvalue weighted by Gasteiger charge is -2.10. The molecule has 0 aliphatic heterocycles. The van der Waals surface area contributed by atoms with Crippen LogP contribution in [0.3, 0.4) is 0 Å². The molecule has 0 saturated heterocycles. The molecule has 0 bridgehead atoms. The van der Waals surface area contributed by atoms with Crippen LogP contribution in [0.2, 0.25) is 0 Å². The maximum atomic E-state index is 13.1. The molecule has 0 atom stereocenters. The standard InChI is InChI=1S/C16H17FN4O4S2/c1-27(23,24)13-7-6-10(8-18-13)14(21-25-11-4-2-3-5-11)15(22)20-16-19-9-12(17)26-16/h6-9,11H,2-5H2,1H3,(H,19,20,22)/b21-14+. The number of pyridine rings is 1. The Morgan fingerprint density at radius 1 is 1.30 bits per heavy atom. The van der Waals surface area contributed by atoms with Crippen molar-refractivity contribution in [3.05, 3.63) is 35.2 Å². The highest BCUT2D eigenvalue weighted by atomic mass is 32.2. The zero-order valence-corrected chi connectivity index (χ0v) is 16.0. The number of nitrogens with one attached hydrogen (secondary N) is 1. The number of halogens is 1. The number of hydrogen-bond acceptors (Lipinski definition) is 8. The molecule has 1 amide bonds. The van der Waals surface area contributed by atoms with Crippen molar-refractivity contribution in [1.29, 1.82) is 0 Å². The summed E-state index contributed by atoms with van der Waals surface area (Å²) in [6.07, 6.45) is 6.95. The highest BCUT2D eigenvalue weighted by molar-refractivity contribution is 7.90. The topological polar surface area (TPSA) is 111 Å². The van der Waals surface area contributed by atoms with Gasteiger partial charge in [-0.3, -0.25) is 10.1 Å². The van der Waals surface area contributed by atoms with Crippen LogP contribution in [0.4, 0.5) is 9.52 Å². The Morgan fingerprint density at radius 3 is 2.59 bits per heavy atom. The Labute approximate surface area is 159 Å². The predicted molar refractivity (Wildman–Crippen MR) is 97.9 cm³/mol. The molecule has 1 saturated carbocycles. The number of hydrogen-bond donors (Lipinski definition) is 1. The highest BCUT2D eigenvalue weighted by Crippen LogP contribution is 2.22. The van der Waals surface area contributed by atoms with Crippen LogP contribution in [0.1, 0.15) is 31.2 Å². The third-order valence-corrected chi connectivity index (χ3v) is 5.60. The molecule has 0 aromatic carbocycles. The number of rotatable bonds is 6. The van der Waals surface area contributed by atoms with Gasteiger partial charge in [0.15, 0.2) is 30.8 Å². The van der Waals surface area contributed by atoms with Gasteiger partial charge in [0, 0.05) is 18.0 Å². The van der Waals surface area contributed by atoms with Crippen molar-refractivity contribution < 1.29 is 22.4 Å². The molecule has 2 aromatic rings. The molecule has 0 radical (unpaired) electrons. The summed E-state index contributed by atoms with van der Waals surface area (Å²) in [5.74, 6) is -0.656. The summed E-state index contributed by atoms with van der Waals surface area (Å²) in [5, 5.41) is 5.84. The molecule has 1 N–H and O–H groups in total. The summed E-state index contributed by atoms with van der Waals surface area (Å²) < 4.78 is 36.2. The Morgan fingerprint density at radius 2 is 2.04 bits per heavy atom. The molecule has 11 heteroatoms. The van der Waals surface area contributed by atoms with E-state index in [-0.39, 0.29) is 27.5 Å². The van der Waals surface area contributed by atoms with Crippen LogP contribution in [0.5, 0.6) is 0 Å². The summed E-state index contributed by atoms with van der Waals surface area (Å²) in [5.41, 5.74) is 0.181. The van der Waals surface area contributed by atoms with E-state index < -0.39 is 20.9 Å². The maximum Gasteiger partial charge on any atom is 0.280 e. The van der Waals surface area contributed by atoms with Crippen LogP contribution < -0.4 is 5.32 Å². The highest BCUT2D eigenvalue weighted by Gasteiger charge is 2.21. The number of thiazole rings is 1. The van der Waals surface area contributed by atoms with E-state index in [1.807, 2.05) is 0 Å². The normalized spacial score (nSPS) is 15.7. The average molecular weight is 412 g/mol. The Balaban J connectivity index is 1.86. The number of anilines is 1. The van der Waals surface area contributed by atoms with Crippen LogP contribution in [-0.2, 0) is 19.5 Å². The lowest BCUT2D eigenvalue weighted by atomic mass is 10.1. The van der Waals surface area contributed by atoms with Gasteiger partial charge in [-0.15, -0.1) is 0 Å². The molecular formula is C16H17FN4O4S2. The van der Waals surface area contributed by atoms with Crippen molar-refractivity contribution in [2.75, 3.05) is 11.6 Å². The van der Waals surface area contributed by atoms with Crippen LogP contribution in [0.15, 0.2) is 34.7 Å². The summed E-state index contributed by atoms with van der Waals surface area (Å²) in [4.78, 5) is 25.7. The van der Waals surface area contributed by atoms with Crippen LogP contribution in [0, 0.1) is 5.13 Å². The lowest BCUT2D eigenvalue weighted by Crippen LogP contribution is -2.25. The minimum Gasteiger partial charge on any atom is -0.392 e. The maximum absolute atomic E-state index is 13.1. The molecule has 3 rings (SSSR count). The van der Waals surface area contributed by atoms with Crippen LogP contribution in [0.25, 0.3) is 0 Å². The number of carbonyl (C=O) groups is 1. The fourth-order valence-corrected chi connectivity index (χ4v) is 3.65. The third-order valence-electron chi connectivity index (χ3n) is 3.90. The van der Waals surface area contributed by atoms with Crippen LogP contribution in [-0.4, -0.2) is 42.4 Å². The van der Waals surface area contributed by atoms with Crippen molar-refractivity contribution in [3.8, 4) is 0 Å². The molecule has 0 unspecified atom stereocenters. The van der Waals surface area contributed by atoms with Gasteiger partial charge in [0.25, 0.3) is 5.91 Å². The Kier molecular flexibility index (Phi) is 5.80. The molecule has 8 nitrogen and oxygen atoms in total. The first-order valence-corrected chi connectivity index (χ1v) is 10.9. The fraction of sp³-hybridized carbons (Fsp3) is 0.375. The minimum absolute atomic E-state index is 0.0756. The van der Waals surface area contributed by atoms with E-state index in [2.05, 4.69) is 20.4 Å². The number of amides is 1. The van der Waals surface area contributed by atoms with E-state index in [1.165, 1.54) is 18.3 Å². The summed E-state index contributed by atoms with van der Waals surface area (Å²) in [7, 11) is -3.47. The summed E-state index contributed by atoms with van der Waals surface area (Å²) in [6, 6.07) is 2.70. The van der Waals surface area contributed by atoms with Crippen molar-refractivity contribution >= 4 is 37.9 Å². The van der Waals surface area contributed by atoms with Gasteiger partial charge in [-0.2, -0.15) is 4.39 Å². The number of sulfone groups is 1. The predicted octanol–water partition coefficient (Wildman–Crippen LogP) is 2.38. The molecule has 144 valence electrons. The molecule has 27 heavy (non-hydrogen) atoms. The van der Waals surface area contributed by atoms with E-state index in [0.717, 1.165) is 38.1 Å². The lowest BCUT2D eigenvalue weighted by molar-refractivity contribution is -0.110. The van der Waals surface area contributed by atoms with Gasteiger partial charge in [0.1, 0.15) is 6.10 Å². The molecule has 0 spiro atoms. The number of nitrogens with zero attached hydrogens (tertiary/aromatic N) is 3.